The van der Waals surface area contributed by atoms with Gasteiger partial charge in [-0.3, -0.25) is 13.9 Å². The summed E-state index contributed by atoms with van der Waals surface area (Å²) in [7, 11) is -3.28. The van der Waals surface area contributed by atoms with Crippen molar-refractivity contribution in [1.82, 2.24) is 19.6 Å². The summed E-state index contributed by atoms with van der Waals surface area (Å²) in [6, 6.07) is 5.35. The van der Waals surface area contributed by atoms with Crippen LogP contribution in [0.1, 0.15) is 19.7 Å². The van der Waals surface area contributed by atoms with E-state index in [1.807, 2.05) is 6.07 Å². The summed E-state index contributed by atoms with van der Waals surface area (Å²) in [4.78, 5) is 4.32. The Morgan fingerprint density at radius 2 is 1.96 bits per heavy atom. The molecule has 0 saturated heterocycles. The van der Waals surface area contributed by atoms with Crippen LogP contribution in [0, 0.1) is 0 Å². The van der Waals surface area contributed by atoms with Crippen molar-refractivity contribution in [2.75, 3.05) is 13.2 Å². The van der Waals surface area contributed by atoms with Crippen LogP contribution in [0.2, 0.25) is 5.02 Å². The van der Waals surface area contributed by atoms with Gasteiger partial charge in [0.15, 0.2) is 5.65 Å². The zero-order valence-electron chi connectivity index (χ0n) is 12.8. The van der Waals surface area contributed by atoms with Gasteiger partial charge in [-0.1, -0.05) is 11.6 Å². The van der Waals surface area contributed by atoms with E-state index in [1.165, 1.54) is 0 Å². The lowest BCUT2D eigenvalue weighted by Gasteiger charge is -2.16. The Balaban J connectivity index is 2.14. The van der Waals surface area contributed by atoms with Crippen molar-refractivity contribution in [2.45, 2.75) is 20.0 Å². The van der Waals surface area contributed by atoms with Crippen molar-refractivity contribution in [3.63, 3.8) is 0 Å². The Labute approximate surface area is 138 Å². The highest BCUT2D eigenvalue weighted by Gasteiger charge is 2.27. The highest BCUT2D eigenvalue weighted by molar-refractivity contribution is 7.53. The summed E-state index contributed by atoms with van der Waals surface area (Å²) >= 11 is 6.08. The van der Waals surface area contributed by atoms with Crippen LogP contribution in [0.15, 0.2) is 24.4 Å². The molecule has 23 heavy (non-hydrogen) atoms. The van der Waals surface area contributed by atoms with E-state index in [0.29, 0.717) is 29.7 Å². The minimum atomic E-state index is -3.28. The minimum Gasteiger partial charge on any atom is -0.309 e. The summed E-state index contributed by atoms with van der Waals surface area (Å²) in [6.45, 7) is 4.13. The fourth-order valence-corrected chi connectivity index (χ4v) is 4.15. The molecule has 2 aromatic heterocycles. The van der Waals surface area contributed by atoms with E-state index in [-0.39, 0.29) is 6.16 Å². The molecule has 0 amide bonds. The van der Waals surface area contributed by atoms with Gasteiger partial charge in [-0.2, -0.15) is 0 Å². The van der Waals surface area contributed by atoms with Gasteiger partial charge in [0.05, 0.1) is 30.4 Å². The molecule has 1 aromatic carbocycles. The molecule has 0 radical (unpaired) electrons. The molecule has 0 N–H and O–H groups in total. The number of halogens is 1. The third-order valence-corrected chi connectivity index (χ3v) is 5.45. The van der Waals surface area contributed by atoms with Gasteiger partial charge in [0.2, 0.25) is 0 Å². The molecular weight excluding hydrogens is 339 g/mol. The van der Waals surface area contributed by atoms with Crippen molar-refractivity contribution >= 4 is 35.9 Å². The van der Waals surface area contributed by atoms with Crippen LogP contribution in [0.4, 0.5) is 0 Å². The van der Waals surface area contributed by atoms with E-state index >= 15 is 0 Å². The van der Waals surface area contributed by atoms with Crippen LogP contribution in [0.3, 0.4) is 0 Å². The SMILES string of the molecule is CCOP(=O)(Cc1nnc2cnc3ccc(Cl)cc3n12)OCC. The fourth-order valence-electron chi connectivity index (χ4n) is 2.39. The predicted molar refractivity (Wildman–Crippen MR) is 87.9 cm³/mol. The maximum Gasteiger partial charge on any atom is 0.338 e. The Bertz CT molecular complexity index is 888. The van der Waals surface area contributed by atoms with Crippen LogP contribution >= 0.6 is 19.2 Å². The largest absolute Gasteiger partial charge is 0.338 e. The average Bonchev–Trinajstić information content (AvgIpc) is 2.90. The summed E-state index contributed by atoms with van der Waals surface area (Å²) in [6.07, 6.45) is 1.64. The molecule has 0 aliphatic carbocycles. The molecule has 0 spiro atoms. The standard InChI is InChI=1S/C14H16ClN4O3P/c1-3-21-23(20,22-4-2)9-14-18-17-13-8-16-11-6-5-10(15)7-12(11)19(13)14/h5-8H,3-4,9H2,1-2H3. The number of nitrogens with zero attached hydrogens (tertiary/aromatic N) is 4. The van der Waals surface area contributed by atoms with Crippen LogP contribution in [-0.4, -0.2) is 32.8 Å². The molecule has 0 aliphatic rings. The van der Waals surface area contributed by atoms with E-state index in [9.17, 15) is 4.57 Å². The van der Waals surface area contributed by atoms with Gasteiger partial charge in [-0.25, -0.2) is 0 Å². The Hall–Kier alpha value is -1.53. The van der Waals surface area contributed by atoms with Crippen molar-refractivity contribution in [1.29, 1.82) is 0 Å². The second kappa shape index (κ2) is 6.53. The van der Waals surface area contributed by atoms with Crippen molar-refractivity contribution in [2.24, 2.45) is 0 Å². The van der Waals surface area contributed by atoms with Gasteiger partial charge in [-0.05, 0) is 32.0 Å². The van der Waals surface area contributed by atoms with Crippen LogP contribution in [0.5, 0.6) is 0 Å². The Morgan fingerprint density at radius 3 is 2.65 bits per heavy atom. The zero-order valence-corrected chi connectivity index (χ0v) is 14.4. The topological polar surface area (TPSA) is 78.6 Å². The van der Waals surface area contributed by atoms with Crippen LogP contribution in [-0.2, 0) is 19.8 Å². The van der Waals surface area contributed by atoms with Crippen LogP contribution in [0.25, 0.3) is 16.7 Å². The van der Waals surface area contributed by atoms with Crippen LogP contribution < -0.4 is 0 Å². The molecule has 7 nitrogen and oxygen atoms in total. The quantitative estimate of drug-likeness (QED) is 0.628. The third kappa shape index (κ3) is 3.23. The number of hydrogen-bond donors (Lipinski definition) is 0. The lowest BCUT2D eigenvalue weighted by Crippen LogP contribution is -2.03. The first-order valence-corrected chi connectivity index (χ1v) is 9.33. The monoisotopic (exact) mass is 354 g/mol. The van der Waals surface area contributed by atoms with Crippen molar-refractivity contribution in [3.05, 3.63) is 35.2 Å². The molecule has 3 aromatic rings. The van der Waals surface area contributed by atoms with Crippen molar-refractivity contribution in [3.8, 4) is 0 Å². The molecular formula is C14H16ClN4O3P. The first-order chi connectivity index (χ1) is 11.1. The molecule has 0 atom stereocenters. The predicted octanol–water partition coefficient (Wildman–Crippen LogP) is 3.70. The lowest BCUT2D eigenvalue weighted by molar-refractivity contribution is 0.218. The number of rotatable bonds is 6. The fraction of sp³-hybridized carbons (Fsp3) is 0.357. The molecule has 0 saturated carbocycles. The first kappa shape index (κ1) is 16.3. The van der Waals surface area contributed by atoms with E-state index < -0.39 is 7.60 Å². The molecule has 0 fully saturated rings. The maximum absolute atomic E-state index is 12.8. The number of fused-ring (bicyclic) bond motifs is 3. The molecule has 0 bridgehead atoms. The highest BCUT2D eigenvalue weighted by Crippen LogP contribution is 2.51. The average molecular weight is 355 g/mol. The smallest absolute Gasteiger partial charge is 0.309 e. The van der Waals surface area contributed by atoms with E-state index in [1.54, 1.807) is 36.6 Å². The summed E-state index contributed by atoms with van der Waals surface area (Å²) in [5.74, 6) is 0.486. The second-order valence-electron chi connectivity index (χ2n) is 4.81. The minimum absolute atomic E-state index is 0.0292. The number of benzene rings is 1. The molecule has 0 unspecified atom stereocenters. The van der Waals surface area contributed by atoms with E-state index in [0.717, 1.165) is 11.0 Å². The van der Waals surface area contributed by atoms with Gasteiger partial charge in [0.1, 0.15) is 12.0 Å². The molecule has 0 aliphatic heterocycles. The zero-order chi connectivity index (χ0) is 16.4. The Kier molecular flexibility index (Phi) is 4.64. The van der Waals surface area contributed by atoms with Gasteiger partial charge in [0, 0.05) is 5.02 Å². The van der Waals surface area contributed by atoms with E-state index in [2.05, 4.69) is 15.2 Å². The van der Waals surface area contributed by atoms with Gasteiger partial charge in [-0.15, -0.1) is 10.2 Å². The first-order valence-electron chi connectivity index (χ1n) is 7.22. The molecule has 2 heterocycles. The molecule has 122 valence electrons. The molecule has 3 rings (SSSR count). The van der Waals surface area contributed by atoms with Crippen molar-refractivity contribution < 1.29 is 13.6 Å². The summed E-state index contributed by atoms with van der Waals surface area (Å²) in [5, 5.41) is 8.77. The molecule has 9 heteroatoms. The van der Waals surface area contributed by atoms with Gasteiger partial charge >= 0.3 is 7.60 Å². The number of aromatic nitrogens is 4. The van der Waals surface area contributed by atoms with Gasteiger partial charge < -0.3 is 9.05 Å². The van der Waals surface area contributed by atoms with E-state index in [4.69, 9.17) is 20.6 Å². The normalized spacial score (nSPS) is 12.3. The third-order valence-electron chi connectivity index (χ3n) is 3.24. The Morgan fingerprint density at radius 1 is 1.22 bits per heavy atom. The summed E-state index contributed by atoms with van der Waals surface area (Å²) < 4.78 is 25.2. The summed E-state index contributed by atoms with van der Waals surface area (Å²) in [5.41, 5.74) is 2.04. The van der Waals surface area contributed by atoms with Gasteiger partial charge in [0.25, 0.3) is 0 Å². The lowest BCUT2D eigenvalue weighted by atomic mass is 10.3. The highest BCUT2D eigenvalue weighted by atomic mass is 35.5. The second-order valence-corrected chi connectivity index (χ2v) is 7.30. The number of hydrogen-bond acceptors (Lipinski definition) is 6. The maximum atomic E-state index is 12.8.